The Bertz CT molecular complexity index is 738. The average molecular weight is 344 g/mol. The lowest BCUT2D eigenvalue weighted by Crippen LogP contribution is -2.34. The molecule has 1 N–H and O–H groups in total. The summed E-state index contributed by atoms with van der Waals surface area (Å²) >= 11 is 11.8. The van der Waals surface area contributed by atoms with Crippen LogP contribution in [0.5, 0.6) is 0 Å². The fourth-order valence-electron chi connectivity index (χ4n) is 1.76. The summed E-state index contributed by atoms with van der Waals surface area (Å²) in [5.41, 5.74) is 0.312. The minimum Gasteiger partial charge on any atom is -0.350 e. The van der Waals surface area contributed by atoms with E-state index in [2.05, 4.69) is 15.7 Å². The van der Waals surface area contributed by atoms with Crippen LogP contribution in [0.2, 0.25) is 10.0 Å². The second-order valence-electron chi connectivity index (χ2n) is 4.97. The van der Waals surface area contributed by atoms with Crippen molar-refractivity contribution in [2.75, 3.05) is 0 Å². The van der Waals surface area contributed by atoms with Crippen molar-refractivity contribution in [3.8, 4) is 0 Å². The standard InChI is InChI=1S/C13H15Cl2N5O2/c1-8(2)20-13(22)19(17-18-20)7-12(21)16-6-9-3-4-10(14)5-11(9)15/h3-5,8H,6-7H2,1-2H3,(H,16,21). The molecule has 0 fully saturated rings. The first-order chi connectivity index (χ1) is 10.4. The van der Waals surface area contributed by atoms with Crippen molar-refractivity contribution in [2.24, 2.45) is 0 Å². The summed E-state index contributed by atoms with van der Waals surface area (Å²) in [5, 5.41) is 11.0. The van der Waals surface area contributed by atoms with Crippen molar-refractivity contribution >= 4 is 29.1 Å². The van der Waals surface area contributed by atoms with Gasteiger partial charge in [-0.2, -0.15) is 9.36 Å². The van der Waals surface area contributed by atoms with Crippen LogP contribution in [-0.2, 0) is 17.9 Å². The zero-order valence-electron chi connectivity index (χ0n) is 12.1. The molecule has 0 atom stereocenters. The molecule has 0 saturated heterocycles. The molecule has 0 aliphatic heterocycles. The largest absolute Gasteiger partial charge is 0.364 e. The molecule has 0 aliphatic rings. The van der Waals surface area contributed by atoms with Gasteiger partial charge in [-0.25, -0.2) is 4.79 Å². The maximum absolute atomic E-state index is 11.9. The van der Waals surface area contributed by atoms with Crippen molar-refractivity contribution in [3.63, 3.8) is 0 Å². The molecular weight excluding hydrogens is 329 g/mol. The van der Waals surface area contributed by atoms with E-state index in [0.717, 1.165) is 10.2 Å². The van der Waals surface area contributed by atoms with E-state index in [4.69, 9.17) is 23.2 Å². The van der Waals surface area contributed by atoms with Gasteiger partial charge in [0.1, 0.15) is 6.54 Å². The number of carbonyl (C=O) groups is 1. The number of aromatic nitrogens is 4. The molecule has 0 radical (unpaired) electrons. The van der Waals surface area contributed by atoms with Crippen LogP contribution >= 0.6 is 23.2 Å². The summed E-state index contributed by atoms with van der Waals surface area (Å²) in [6, 6.07) is 4.90. The Balaban J connectivity index is 1.97. The number of nitrogens with one attached hydrogen (secondary N) is 1. The Hall–Kier alpha value is -1.86. The SMILES string of the molecule is CC(C)n1nnn(CC(=O)NCc2ccc(Cl)cc2Cl)c1=O. The smallest absolute Gasteiger partial charge is 0.350 e. The molecule has 2 rings (SSSR count). The van der Waals surface area contributed by atoms with Gasteiger partial charge in [0, 0.05) is 16.6 Å². The fraction of sp³-hybridized carbons (Fsp3) is 0.385. The maximum Gasteiger partial charge on any atom is 0.364 e. The van der Waals surface area contributed by atoms with Gasteiger partial charge in [0.05, 0.1) is 6.04 Å². The number of benzene rings is 1. The zero-order valence-corrected chi connectivity index (χ0v) is 13.6. The Morgan fingerprint density at radius 1 is 1.32 bits per heavy atom. The van der Waals surface area contributed by atoms with E-state index in [1.165, 1.54) is 4.68 Å². The minimum atomic E-state index is -0.422. The Labute approximate surface area is 136 Å². The average Bonchev–Trinajstić information content (AvgIpc) is 2.79. The van der Waals surface area contributed by atoms with Gasteiger partial charge in [-0.05, 0) is 42.0 Å². The summed E-state index contributed by atoms with van der Waals surface area (Å²) in [7, 11) is 0. The first-order valence-electron chi connectivity index (χ1n) is 6.61. The Morgan fingerprint density at radius 3 is 2.64 bits per heavy atom. The second-order valence-corrected chi connectivity index (χ2v) is 5.81. The number of nitrogens with zero attached hydrogens (tertiary/aromatic N) is 4. The molecule has 1 aromatic carbocycles. The summed E-state index contributed by atoms with van der Waals surface area (Å²) in [6.07, 6.45) is 0. The number of halogens is 2. The van der Waals surface area contributed by atoms with Gasteiger partial charge in [-0.1, -0.05) is 29.3 Å². The van der Waals surface area contributed by atoms with Crippen molar-refractivity contribution < 1.29 is 4.79 Å². The van der Waals surface area contributed by atoms with Gasteiger partial charge >= 0.3 is 5.69 Å². The second kappa shape index (κ2) is 6.93. The molecule has 0 aliphatic carbocycles. The van der Waals surface area contributed by atoms with E-state index in [0.29, 0.717) is 10.0 Å². The van der Waals surface area contributed by atoms with Crippen molar-refractivity contribution in [1.82, 2.24) is 25.1 Å². The van der Waals surface area contributed by atoms with Gasteiger partial charge in [0.25, 0.3) is 0 Å². The summed E-state index contributed by atoms with van der Waals surface area (Å²) in [6.45, 7) is 3.66. The number of hydrogen-bond donors (Lipinski definition) is 1. The molecule has 9 heteroatoms. The van der Waals surface area contributed by atoms with Crippen LogP contribution in [0.4, 0.5) is 0 Å². The third-order valence-corrected chi connectivity index (χ3v) is 3.52. The minimum absolute atomic E-state index is 0.114. The van der Waals surface area contributed by atoms with Gasteiger partial charge in [0.15, 0.2) is 0 Å². The fourth-order valence-corrected chi connectivity index (χ4v) is 2.24. The zero-order chi connectivity index (χ0) is 16.3. The molecule has 0 bridgehead atoms. The van der Waals surface area contributed by atoms with Crippen LogP contribution in [0.3, 0.4) is 0 Å². The van der Waals surface area contributed by atoms with E-state index < -0.39 is 5.69 Å². The molecule has 1 amide bonds. The van der Waals surface area contributed by atoms with Gasteiger partial charge in [-0.3, -0.25) is 4.79 Å². The lowest BCUT2D eigenvalue weighted by molar-refractivity contribution is -0.122. The normalized spacial score (nSPS) is 11.0. The highest BCUT2D eigenvalue weighted by Gasteiger charge is 2.12. The topological polar surface area (TPSA) is 81.8 Å². The highest BCUT2D eigenvalue weighted by Crippen LogP contribution is 2.20. The first-order valence-corrected chi connectivity index (χ1v) is 7.37. The van der Waals surface area contributed by atoms with Gasteiger partial charge in [0.2, 0.25) is 5.91 Å². The lowest BCUT2D eigenvalue weighted by atomic mass is 10.2. The van der Waals surface area contributed by atoms with Crippen molar-refractivity contribution in [2.45, 2.75) is 33.0 Å². The predicted octanol–water partition coefficient (Wildman–Crippen LogP) is 1.64. The Kier molecular flexibility index (Phi) is 5.20. The third kappa shape index (κ3) is 3.86. The highest BCUT2D eigenvalue weighted by molar-refractivity contribution is 6.35. The molecule has 2 aromatic rings. The molecule has 1 aromatic heterocycles. The Morgan fingerprint density at radius 2 is 2.05 bits per heavy atom. The van der Waals surface area contributed by atoms with Crippen molar-refractivity contribution in [3.05, 3.63) is 44.3 Å². The molecule has 1 heterocycles. The molecule has 0 saturated carbocycles. The summed E-state index contributed by atoms with van der Waals surface area (Å²) < 4.78 is 2.22. The summed E-state index contributed by atoms with van der Waals surface area (Å²) in [4.78, 5) is 23.8. The number of amides is 1. The van der Waals surface area contributed by atoms with Gasteiger partial charge in [-0.15, -0.1) is 0 Å². The number of rotatable bonds is 5. The number of tetrazole rings is 1. The molecule has 0 unspecified atom stereocenters. The van der Waals surface area contributed by atoms with Crippen molar-refractivity contribution in [1.29, 1.82) is 0 Å². The molecule has 7 nitrogen and oxygen atoms in total. The monoisotopic (exact) mass is 343 g/mol. The summed E-state index contributed by atoms with van der Waals surface area (Å²) in [5.74, 6) is -0.357. The van der Waals surface area contributed by atoms with Crippen LogP contribution in [0.25, 0.3) is 0 Å². The van der Waals surface area contributed by atoms with Crippen LogP contribution in [0.15, 0.2) is 23.0 Å². The van der Waals surface area contributed by atoms with E-state index in [1.54, 1.807) is 18.2 Å². The highest BCUT2D eigenvalue weighted by atomic mass is 35.5. The molecule has 118 valence electrons. The lowest BCUT2D eigenvalue weighted by Gasteiger charge is -2.07. The van der Waals surface area contributed by atoms with E-state index in [1.807, 2.05) is 13.8 Å². The van der Waals surface area contributed by atoms with E-state index in [-0.39, 0.29) is 25.0 Å². The number of carbonyl (C=O) groups excluding carboxylic acids is 1. The van der Waals surface area contributed by atoms with E-state index >= 15 is 0 Å². The quantitative estimate of drug-likeness (QED) is 0.894. The van der Waals surface area contributed by atoms with Crippen LogP contribution in [0.1, 0.15) is 25.5 Å². The molecule has 22 heavy (non-hydrogen) atoms. The van der Waals surface area contributed by atoms with Crippen LogP contribution in [-0.4, -0.2) is 25.7 Å². The third-order valence-electron chi connectivity index (χ3n) is 2.93. The molecular formula is C13H15Cl2N5O2. The maximum atomic E-state index is 11.9. The van der Waals surface area contributed by atoms with E-state index in [9.17, 15) is 9.59 Å². The first kappa shape index (κ1) is 16.5. The van der Waals surface area contributed by atoms with Crippen LogP contribution < -0.4 is 11.0 Å². The van der Waals surface area contributed by atoms with Crippen LogP contribution in [0, 0.1) is 0 Å². The molecule has 0 spiro atoms. The van der Waals surface area contributed by atoms with Gasteiger partial charge < -0.3 is 5.32 Å². The predicted molar refractivity (Wildman–Crippen MR) is 83.0 cm³/mol. The number of hydrogen-bond acceptors (Lipinski definition) is 4.